The van der Waals surface area contributed by atoms with E-state index in [1.54, 1.807) is 24.3 Å². The first-order valence-corrected chi connectivity index (χ1v) is 10.4. The van der Waals surface area contributed by atoms with Gasteiger partial charge in [-0.25, -0.2) is 0 Å². The van der Waals surface area contributed by atoms with Gasteiger partial charge in [0.25, 0.3) is 0 Å². The van der Waals surface area contributed by atoms with Gasteiger partial charge in [0.1, 0.15) is 0 Å². The summed E-state index contributed by atoms with van der Waals surface area (Å²) in [4.78, 5) is 12.2. The summed E-state index contributed by atoms with van der Waals surface area (Å²) in [5.74, 6) is 0.919. The highest BCUT2D eigenvalue weighted by atomic mass is 35.5. The third-order valence-electron chi connectivity index (χ3n) is 3.85. The predicted molar refractivity (Wildman–Crippen MR) is 115 cm³/mol. The van der Waals surface area contributed by atoms with E-state index in [1.165, 1.54) is 11.8 Å². The number of carbonyl (C=O) groups is 1. The van der Waals surface area contributed by atoms with Crippen LogP contribution < -0.4 is 10.6 Å². The van der Waals surface area contributed by atoms with Crippen LogP contribution in [-0.4, -0.2) is 26.4 Å². The Balaban J connectivity index is 1.57. The van der Waals surface area contributed by atoms with Crippen molar-refractivity contribution in [2.24, 2.45) is 0 Å². The second-order valence-corrected chi connectivity index (χ2v) is 7.67. The summed E-state index contributed by atoms with van der Waals surface area (Å²) in [7, 11) is 0. The number of amides is 1. The van der Waals surface area contributed by atoms with Crippen molar-refractivity contribution in [2.45, 2.75) is 25.2 Å². The minimum absolute atomic E-state index is 0.114. The van der Waals surface area contributed by atoms with Gasteiger partial charge >= 0.3 is 0 Å². The first-order chi connectivity index (χ1) is 13.5. The number of carbonyl (C=O) groups excluding carboxylic acids is 1. The Morgan fingerprint density at radius 3 is 2.57 bits per heavy atom. The average Bonchev–Trinajstić information content (AvgIpc) is 3.08. The number of aromatic nitrogens is 3. The number of hydrogen-bond acceptors (Lipinski definition) is 5. The number of nitrogens with zero attached hydrogens (tertiary/aromatic N) is 3. The van der Waals surface area contributed by atoms with Gasteiger partial charge in [0.2, 0.25) is 5.91 Å². The predicted octanol–water partition coefficient (Wildman–Crippen LogP) is 4.95. The monoisotopic (exact) mass is 435 g/mol. The maximum Gasteiger partial charge on any atom is 0.234 e. The van der Waals surface area contributed by atoms with Crippen molar-refractivity contribution in [3.8, 4) is 0 Å². The molecule has 146 valence electrons. The Morgan fingerprint density at radius 1 is 1.07 bits per heavy atom. The maximum atomic E-state index is 12.2. The van der Waals surface area contributed by atoms with Crippen LogP contribution in [0.5, 0.6) is 0 Å². The van der Waals surface area contributed by atoms with Gasteiger partial charge in [-0.3, -0.25) is 4.79 Å². The quantitative estimate of drug-likeness (QED) is 0.489. The van der Waals surface area contributed by atoms with Crippen LogP contribution in [0.25, 0.3) is 0 Å². The molecule has 0 aliphatic carbocycles. The summed E-state index contributed by atoms with van der Waals surface area (Å²) in [6, 6.07) is 14.5. The Hall–Kier alpha value is -2.22. The van der Waals surface area contributed by atoms with Gasteiger partial charge in [-0.2, -0.15) is 0 Å². The van der Waals surface area contributed by atoms with Crippen molar-refractivity contribution in [1.29, 1.82) is 0 Å². The fourth-order valence-corrected chi connectivity index (χ4v) is 3.65. The number of halogens is 2. The lowest BCUT2D eigenvalue weighted by atomic mass is 10.3. The van der Waals surface area contributed by atoms with Crippen molar-refractivity contribution in [3.63, 3.8) is 0 Å². The second-order valence-electron chi connectivity index (χ2n) is 5.85. The van der Waals surface area contributed by atoms with Crippen molar-refractivity contribution in [3.05, 3.63) is 64.4 Å². The van der Waals surface area contributed by atoms with Crippen LogP contribution >= 0.6 is 35.0 Å². The zero-order chi connectivity index (χ0) is 19.9. The SMILES string of the molecule is CCn1c(CNc2cccc(Cl)c2)nnc1SCC(=O)Nc1ccc(Cl)cc1. The summed E-state index contributed by atoms with van der Waals surface area (Å²) >= 11 is 13.2. The normalized spacial score (nSPS) is 10.7. The highest BCUT2D eigenvalue weighted by molar-refractivity contribution is 7.99. The third kappa shape index (κ3) is 5.64. The standard InChI is InChI=1S/C19H19Cl2N5OS/c1-2-26-17(11-22-16-5-3-4-14(21)10-16)24-25-19(26)28-12-18(27)23-15-8-6-13(20)7-9-15/h3-10,22H,2,11-12H2,1H3,(H,23,27). The molecule has 0 unspecified atom stereocenters. The van der Waals surface area contributed by atoms with E-state index >= 15 is 0 Å². The minimum atomic E-state index is -0.114. The van der Waals surface area contributed by atoms with E-state index in [0.717, 1.165) is 11.5 Å². The molecule has 1 aromatic heterocycles. The third-order valence-corrected chi connectivity index (χ3v) is 5.30. The lowest BCUT2D eigenvalue weighted by Gasteiger charge is -2.09. The highest BCUT2D eigenvalue weighted by Crippen LogP contribution is 2.20. The van der Waals surface area contributed by atoms with E-state index in [0.29, 0.717) is 34.0 Å². The molecule has 6 nitrogen and oxygen atoms in total. The largest absolute Gasteiger partial charge is 0.378 e. The van der Waals surface area contributed by atoms with Crippen molar-refractivity contribution < 1.29 is 4.79 Å². The zero-order valence-electron chi connectivity index (χ0n) is 15.2. The number of hydrogen-bond donors (Lipinski definition) is 2. The molecule has 1 amide bonds. The molecule has 0 saturated carbocycles. The lowest BCUT2D eigenvalue weighted by Crippen LogP contribution is -2.15. The molecule has 1 heterocycles. The number of rotatable bonds is 8. The summed E-state index contributed by atoms with van der Waals surface area (Å²) in [6.07, 6.45) is 0. The maximum absolute atomic E-state index is 12.2. The van der Waals surface area contributed by atoms with Crippen molar-refractivity contribution in [1.82, 2.24) is 14.8 Å². The van der Waals surface area contributed by atoms with Crippen LogP contribution in [0, 0.1) is 0 Å². The van der Waals surface area contributed by atoms with E-state index in [9.17, 15) is 4.79 Å². The summed E-state index contributed by atoms with van der Waals surface area (Å²) < 4.78 is 1.98. The molecule has 2 aromatic carbocycles. The fourth-order valence-electron chi connectivity index (χ4n) is 2.51. The molecule has 2 N–H and O–H groups in total. The first kappa shape index (κ1) is 20.5. The van der Waals surface area contributed by atoms with Gasteiger partial charge in [-0.1, -0.05) is 41.0 Å². The molecule has 0 atom stereocenters. The zero-order valence-corrected chi connectivity index (χ0v) is 17.5. The lowest BCUT2D eigenvalue weighted by molar-refractivity contribution is -0.113. The second kappa shape index (κ2) is 9.82. The topological polar surface area (TPSA) is 71.8 Å². The van der Waals surface area contributed by atoms with Gasteiger partial charge in [-0.05, 0) is 49.4 Å². The molecular weight excluding hydrogens is 417 g/mol. The molecule has 0 fully saturated rings. The molecule has 0 spiro atoms. The van der Waals surface area contributed by atoms with Crippen LogP contribution in [0.3, 0.4) is 0 Å². The molecule has 0 radical (unpaired) electrons. The molecule has 0 aliphatic heterocycles. The molecular formula is C19H19Cl2N5OS. The van der Waals surface area contributed by atoms with Gasteiger partial charge in [-0.15, -0.1) is 10.2 Å². The van der Waals surface area contributed by atoms with Crippen molar-refractivity contribution in [2.75, 3.05) is 16.4 Å². The highest BCUT2D eigenvalue weighted by Gasteiger charge is 2.13. The summed E-state index contributed by atoms with van der Waals surface area (Å²) in [5.41, 5.74) is 1.62. The van der Waals surface area contributed by atoms with Crippen molar-refractivity contribution >= 4 is 52.2 Å². The van der Waals surface area contributed by atoms with Crippen LogP contribution in [-0.2, 0) is 17.9 Å². The molecule has 9 heteroatoms. The van der Waals surface area contributed by atoms with Crippen LogP contribution in [0.4, 0.5) is 11.4 Å². The molecule has 3 aromatic rings. The van der Waals surface area contributed by atoms with E-state index in [2.05, 4.69) is 20.8 Å². The number of benzene rings is 2. The Kier molecular flexibility index (Phi) is 7.19. The molecule has 0 aliphatic rings. The van der Waals surface area contributed by atoms with Gasteiger partial charge in [0.05, 0.1) is 12.3 Å². The van der Waals surface area contributed by atoms with E-state index in [4.69, 9.17) is 23.2 Å². The number of nitrogens with one attached hydrogen (secondary N) is 2. The Labute approximate surface area is 177 Å². The van der Waals surface area contributed by atoms with Gasteiger partial charge < -0.3 is 15.2 Å². The number of thioether (sulfide) groups is 1. The van der Waals surface area contributed by atoms with E-state index < -0.39 is 0 Å². The summed E-state index contributed by atoms with van der Waals surface area (Å²) in [5, 5.41) is 16.6. The first-order valence-electron chi connectivity index (χ1n) is 8.65. The van der Waals surface area contributed by atoms with Crippen LogP contribution in [0.15, 0.2) is 53.7 Å². The Morgan fingerprint density at radius 2 is 1.86 bits per heavy atom. The van der Waals surface area contributed by atoms with Gasteiger partial charge in [0, 0.05) is 28.0 Å². The summed E-state index contributed by atoms with van der Waals surface area (Å²) in [6.45, 7) is 3.24. The van der Waals surface area contributed by atoms with Gasteiger partial charge in [0.15, 0.2) is 11.0 Å². The average molecular weight is 436 g/mol. The fraction of sp³-hybridized carbons (Fsp3) is 0.211. The smallest absolute Gasteiger partial charge is 0.234 e. The van der Waals surface area contributed by atoms with Crippen LogP contribution in [0.1, 0.15) is 12.7 Å². The molecule has 3 rings (SSSR count). The molecule has 28 heavy (non-hydrogen) atoms. The van der Waals surface area contributed by atoms with Crippen LogP contribution in [0.2, 0.25) is 10.0 Å². The minimum Gasteiger partial charge on any atom is -0.378 e. The number of anilines is 2. The Bertz CT molecular complexity index is 946. The van der Waals surface area contributed by atoms with E-state index in [1.807, 2.05) is 35.8 Å². The van der Waals surface area contributed by atoms with E-state index in [-0.39, 0.29) is 11.7 Å². The molecule has 0 bridgehead atoms. The molecule has 0 saturated heterocycles.